The van der Waals surface area contributed by atoms with E-state index >= 15 is 0 Å². The van der Waals surface area contributed by atoms with Gasteiger partial charge in [0, 0.05) is 28.7 Å². The van der Waals surface area contributed by atoms with Crippen molar-refractivity contribution in [1.82, 2.24) is 5.32 Å². The number of rotatable bonds is 11. The van der Waals surface area contributed by atoms with Crippen LogP contribution >= 0.6 is 15.9 Å². The number of nitrogens with one attached hydrogen (secondary N) is 1. The van der Waals surface area contributed by atoms with Crippen molar-refractivity contribution in [3.8, 4) is 0 Å². The van der Waals surface area contributed by atoms with Crippen molar-refractivity contribution in [2.75, 3.05) is 0 Å². The number of ketones is 2. The Labute approximate surface area is 154 Å². The average molecular weight is 394 g/mol. The van der Waals surface area contributed by atoms with Gasteiger partial charge in [0.2, 0.25) is 0 Å². The zero-order chi connectivity index (χ0) is 17.9. The van der Waals surface area contributed by atoms with E-state index in [9.17, 15) is 9.59 Å². The molecule has 0 bridgehead atoms. The van der Waals surface area contributed by atoms with Crippen LogP contribution in [-0.4, -0.2) is 17.6 Å². The number of hydrogen-bond donors (Lipinski definition) is 1. The smallest absolute Gasteiger partial charge is 0.172 e. The largest absolute Gasteiger partial charge is 0.388 e. The molecule has 0 fully saturated rings. The van der Waals surface area contributed by atoms with Gasteiger partial charge in [-0.15, -0.1) is 0 Å². The lowest BCUT2D eigenvalue weighted by Gasteiger charge is -2.15. The number of benzene rings is 1. The maximum atomic E-state index is 12.7. The molecule has 0 heterocycles. The van der Waals surface area contributed by atoms with Gasteiger partial charge in [0.15, 0.2) is 5.78 Å². The van der Waals surface area contributed by atoms with E-state index in [1.165, 1.54) is 0 Å². The first-order chi connectivity index (χ1) is 11.5. The van der Waals surface area contributed by atoms with E-state index in [2.05, 4.69) is 35.1 Å². The molecular weight excluding hydrogens is 366 g/mol. The number of unbranched alkanes of at least 4 members (excludes halogenated alkanes) is 1. The fraction of sp³-hybridized carbons (Fsp3) is 0.500. The molecule has 0 aliphatic carbocycles. The molecule has 0 unspecified atom stereocenters. The summed E-state index contributed by atoms with van der Waals surface area (Å²) >= 11 is 3.45. The van der Waals surface area contributed by atoms with Crippen LogP contribution in [0.1, 0.15) is 64.9 Å². The summed E-state index contributed by atoms with van der Waals surface area (Å²) in [5.41, 5.74) is 1.41. The minimum atomic E-state index is -0.118. The molecule has 1 rings (SSSR count). The van der Waals surface area contributed by atoms with E-state index in [-0.39, 0.29) is 18.0 Å². The van der Waals surface area contributed by atoms with Gasteiger partial charge in [-0.3, -0.25) is 9.59 Å². The van der Waals surface area contributed by atoms with Gasteiger partial charge in [-0.1, -0.05) is 55.3 Å². The normalized spacial score (nSPS) is 11.6. The Morgan fingerprint density at radius 2 is 1.92 bits per heavy atom. The first-order valence-corrected chi connectivity index (χ1v) is 9.58. The predicted molar refractivity (Wildman–Crippen MR) is 104 cm³/mol. The van der Waals surface area contributed by atoms with Gasteiger partial charge in [-0.25, -0.2) is 0 Å². The third-order valence-corrected chi connectivity index (χ3v) is 4.55. The van der Waals surface area contributed by atoms with E-state index in [0.29, 0.717) is 18.0 Å². The van der Waals surface area contributed by atoms with Crippen LogP contribution in [-0.2, 0) is 9.59 Å². The van der Waals surface area contributed by atoms with Crippen LogP contribution in [0.3, 0.4) is 0 Å². The molecule has 0 saturated carbocycles. The number of carbonyl (C=O) groups excluding carboxylic acids is 2. The molecule has 1 N–H and O–H groups in total. The summed E-state index contributed by atoms with van der Waals surface area (Å²) in [4.78, 5) is 24.7. The Balaban J connectivity index is 2.98. The zero-order valence-corrected chi connectivity index (χ0v) is 16.5. The molecule has 0 aliphatic heterocycles. The summed E-state index contributed by atoms with van der Waals surface area (Å²) < 4.78 is 0.915. The molecule has 0 saturated heterocycles. The maximum Gasteiger partial charge on any atom is 0.172 e. The minimum absolute atomic E-state index is 0.0188. The first-order valence-electron chi connectivity index (χ1n) is 8.78. The van der Waals surface area contributed by atoms with E-state index in [1.54, 1.807) is 6.20 Å². The SMILES string of the molecule is CCCCC(=O)CC(=O)C(=CNC(CC)CC)c1cccc(Br)c1. The lowest BCUT2D eigenvalue weighted by molar-refractivity contribution is -0.124. The predicted octanol–water partition coefficient (Wildman–Crippen LogP) is 5.29. The molecule has 132 valence electrons. The number of allylic oxidation sites excluding steroid dienone is 1. The summed E-state index contributed by atoms with van der Waals surface area (Å²) in [6, 6.07) is 7.97. The van der Waals surface area contributed by atoms with E-state index < -0.39 is 0 Å². The Morgan fingerprint density at radius 3 is 2.50 bits per heavy atom. The van der Waals surface area contributed by atoms with Crippen molar-refractivity contribution in [1.29, 1.82) is 0 Å². The second-order valence-corrected chi connectivity index (χ2v) is 6.91. The van der Waals surface area contributed by atoms with Gasteiger partial charge in [0.05, 0.1) is 6.42 Å². The summed E-state index contributed by atoms with van der Waals surface area (Å²) in [5.74, 6) is -0.0991. The summed E-state index contributed by atoms with van der Waals surface area (Å²) in [7, 11) is 0. The zero-order valence-electron chi connectivity index (χ0n) is 14.9. The topological polar surface area (TPSA) is 46.2 Å². The van der Waals surface area contributed by atoms with Crippen LogP contribution in [0.25, 0.3) is 5.57 Å². The Morgan fingerprint density at radius 1 is 1.21 bits per heavy atom. The van der Waals surface area contributed by atoms with Crippen LogP contribution in [0.4, 0.5) is 0 Å². The average Bonchev–Trinajstić information content (AvgIpc) is 2.56. The Kier molecular flexibility index (Phi) is 9.62. The molecule has 0 radical (unpaired) electrons. The van der Waals surface area contributed by atoms with Gasteiger partial charge in [-0.2, -0.15) is 0 Å². The molecule has 0 atom stereocenters. The number of halogens is 1. The molecule has 1 aromatic carbocycles. The molecule has 24 heavy (non-hydrogen) atoms. The highest BCUT2D eigenvalue weighted by Gasteiger charge is 2.16. The van der Waals surface area contributed by atoms with Gasteiger partial charge in [0.1, 0.15) is 5.78 Å². The standard InChI is InChI=1S/C20H28BrNO2/c1-4-7-11-18(23)13-20(24)19(14-22-17(5-2)6-3)15-9-8-10-16(21)12-15/h8-10,12,14,17,22H,4-7,11,13H2,1-3H3. The molecule has 0 amide bonds. The molecule has 4 heteroatoms. The fourth-order valence-electron chi connectivity index (χ4n) is 2.44. The van der Waals surface area contributed by atoms with Gasteiger partial charge >= 0.3 is 0 Å². The lowest BCUT2D eigenvalue weighted by atomic mass is 9.97. The second-order valence-electron chi connectivity index (χ2n) is 5.99. The van der Waals surface area contributed by atoms with Crippen molar-refractivity contribution in [2.24, 2.45) is 0 Å². The number of hydrogen-bond acceptors (Lipinski definition) is 3. The van der Waals surface area contributed by atoms with Crippen LogP contribution in [0.15, 0.2) is 34.9 Å². The van der Waals surface area contributed by atoms with Crippen LogP contribution in [0.2, 0.25) is 0 Å². The molecule has 1 aromatic rings. The summed E-state index contributed by atoms with van der Waals surface area (Å²) in [6.45, 7) is 6.27. The monoisotopic (exact) mass is 393 g/mol. The molecule has 0 aromatic heterocycles. The van der Waals surface area contributed by atoms with E-state index in [0.717, 1.165) is 35.7 Å². The first kappa shape index (κ1) is 20.6. The third kappa shape index (κ3) is 7.00. The molecule has 0 aliphatic rings. The van der Waals surface area contributed by atoms with Crippen molar-refractivity contribution < 1.29 is 9.59 Å². The summed E-state index contributed by atoms with van der Waals surface area (Å²) in [5, 5.41) is 3.32. The maximum absolute atomic E-state index is 12.7. The van der Waals surface area contributed by atoms with Crippen LogP contribution < -0.4 is 5.32 Å². The molecular formula is C20H28BrNO2. The van der Waals surface area contributed by atoms with Gasteiger partial charge in [0.25, 0.3) is 0 Å². The fourth-order valence-corrected chi connectivity index (χ4v) is 2.84. The van der Waals surface area contributed by atoms with Gasteiger partial charge in [-0.05, 0) is 37.0 Å². The summed E-state index contributed by atoms with van der Waals surface area (Å²) in [6.07, 6.45) is 6.02. The Hall–Kier alpha value is -1.42. The molecule has 3 nitrogen and oxygen atoms in total. The highest BCUT2D eigenvalue weighted by Crippen LogP contribution is 2.21. The lowest BCUT2D eigenvalue weighted by Crippen LogP contribution is -2.23. The van der Waals surface area contributed by atoms with Crippen molar-refractivity contribution >= 4 is 33.1 Å². The second kappa shape index (κ2) is 11.2. The van der Waals surface area contributed by atoms with Crippen molar-refractivity contribution in [3.63, 3.8) is 0 Å². The Bertz CT molecular complexity index is 577. The molecule has 0 spiro atoms. The van der Waals surface area contributed by atoms with E-state index in [4.69, 9.17) is 0 Å². The third-order valence-electron chi connectivity index (χ3n) is 4.05. The quantitative estimate of drug-likeness (QED) is 0.410. The number of Topliss-reactive ketones (excluding diaryl/α,β-unsaturated/α-hetero) is 2. The highest BCUT2D eigenvalue weighted by atomic mass is 79.9. The van der Waals surface area contributed by atoms with Crippen molar-refractivity contribution in [2.45, 2.75) is 65.3 Å². The van der Waals surface area contributed by atoms with Crippen molar-refractivity contribution in [3.05, 3.63) is 40.5 Å². The van der Waals surface area contributed by atoms with E-state index in [1.807, 2.05) is 31.2 Å². The van der Waals surface area contributed by atoms with Crippen LogP contribution in [0, 0.1) is 0 Å². The minimum Gasteiger partial charge on any atom is -0.388 e. The number of carbonyl (C=O) groups is 2. The van der Waals surface area contributed by atoms with Gasteiger partial charge < -0.3 is 5.32 Å². The van der Waals surface area contributed by atoms with Crippen LogP contribution in [0.5, 0.6) is 0 Å². The highest BCUT2D eigenvalue weighted by molar-refractivity contribution is 9.10.